The van der Waals surface area contributed by atoms with Crippen molar-refractivity contribution in [1.82, 2.24) is 24.6 Å². The van der Waals surface area contributed by atoms with Gasteiger partial charge in [-0.2, -0.15) is 5.10 Å². The fourth-order valence-corrected chi connectivity index (χ4v) is 4.87. The molecular formula is C23H38N6O2. The number of anilines is 1. The molecule has 31 heavy (non-hydrogen) atoms. The molecule has 1 saturated carbocycles. The number of nitrogens with zero attached hydrogens (tertiary/aromatic N) is 5. The van der Waals surface area contributed by atoms with E-state index in [0.717, 1.165) is 57.1 Å². The molecule has 0 atom stereocenters. The number of hydrogen-bond acceptors (Lipinski definition) is 6. The van der Waals surface area contributed by atoms with Crippen LogP contribution >= 0.6 is 0 Å². The minimum Gasteiger partial charge on any atom is -0.379 e. The number of fused-ring (bicyclic) bond motifs is 1. The van der Waals surface area contributed by atoms with Crippen molar-refractivity contribution in [3.63, 3.8) is 0 Å². The Labute approximate surface area is 185 Å². The lowest BCUT2D eigenvalue weighted by Crippen LogP contribution is -2.43. The molecule has 2 fully saturated rings. The Hall–Kier alpha value is -1.93. The summed E-state index contributed by atoms with van der Waals surface area (Å²) in [6.07, 6.45) is 6.49. The molecule has 1 aliphatic carbocycles. The molecular weight excluding hydrogens is 392 g/mol. The number of aromatic nitrogens is 4. The van der Waals surface area contributed by atoms with Gasteiger partial charge in [-0.3, -0.25) is 19.4 Å². The lowest BCUT2D eigenvalue weighted by atomic mass is 9.89. The maximum Gasteiger partial charge on any atom is 0.278 e. The highest BCUT2D eigenvalue weighted by atomic mass is 16.5. The monoisotopic (exact) mass is 430 g/mol. The van der Waals surface area contributed by atoms with Crippen molar-refractivity contribution in [3.05, 3.63) is 16.0 Å². The van der Waals surface area contributed by atoms with E-state index in [-0.39, 0.29) is 11.0 Å². The molecule has 0 amide bonds. The van der Waals surface area contributed by atoms with Crippen molar-refractivity contribution in [3.8, 4) is 0 Å². The first kappa shape index (κ1) is 22.3. The Bertz CT molecular complexity index is 932. The van der Waals surface area contributed by atoms with Gasteiger partial charge in [0.25, 0.3) is 5.56 Å². The molecule has 1 N–H and O–H groups in total. The summed E-state index contributed by atoms with van der Waals surface area (Å²) in [6.45, 7) is 12.7. The third kappa shape index (κ3) is 5.12. The first-order valence-corrected chi connectivity index (χ1v) is 11.9. The van der Waals surface area contributed by atoms with Crippen LogP contribution in [0.15, 0.2) is 4.79 Å². The standard InChI is InChI=1S/C23H38N6O2/c1-23(2,3)20-18-19(27(4)26-20)21(30)25-22(24-18)29(16-17-8-6-5-7-9-17)11-10-28-12-14-31-15-13-28/h17H,5-16H2,1-4H3,(H,24,25,30). The second-order valence-corrected chi connectivity index (χ2v) is 10.2. The van der Waals surface area contributed by atoms with Crippen LogP contribution in [0.3, 0.4) is 0 Å². The molecule has 0 radical (unpaired) electrons. The van der Waals surface area contributed by atoms with E-state index >= 15 is 0 Å². The molecule has 8 nitrogen and oxygen atoms in total. The molecule has 2 aromatic rings. The van der Waals surface area contributed by atoms with Gasteiger partial charge in [-0.15, -0.1) is 0 Å². The topological polar surface area (TPSA) is 79.3 Å². The smallest absolute Gasteiger partial charge is 0.278 e. The largest absolute Gasteiger partial charge is 0.379 e. The molecule has 2 aliphatic rings. The normalized spacial score (nSPS) is 19.2. The molecule has 1 aliphatic heterocycles. The van der Waals surface area contributed by atoms with E-state index in [9.17, 15) is 4.79 Å². The number of ether oxygens (including phenoxy) is 1. The highest BCUT2D eigenvalue weighted by Gasteiger charge is 2.27. The van der Waals surface area contributed by atoms with Crippen molar-refractivity contribution >= 4 is 17.0 Å². The minimum atomic E-state index is -0.181. The third-order valence-electron chi connectivity index (χ3n) is 6.68. The quantitative estimate of drug-likeness (QED) is 0.759. The lowest BCUT2D eigenvalue weighted by molar-refractivity contribution is 0.0390. The molecule has 3 heterocycles. The zero-order valence-corrected chi connectivity index (χ0v) is 19.6. The third-order valence-corrected chi connectivity index (χ3v) is 6.68. The number of morpholine rings is 1. The minimum absolute atomic E-state index is 0.106. The van der Waals surface area contributed by atoms with Gasteiger partial charge in [0.15, 0.2) is 5.52 Å². The summed E-state index contributed by atoms with van der Waals surface area (Å²) in [4.78, 5) is 25.9. The number of H-pyrrole nitrogens is 1. The van der Waals surface area contributed by atoms with E-state index in [4.69, 9.17) is 9.72 Å². The van der Waals surface area contributed by atoms with E-state index < -0.39 is 0 Å². The zero-order chi connectivity index (χ0) is 22.0. The summed E-state index contributed by atoms with van der Waals surface area (Å²) in [7, 11) is 1.83. The van der Waals surface area contributed by atoms with E-state index in [1.165, 1.54) is 32.1 Å². The first-order valence-electron chi connectivity index (χ1n) is 11.9. The predicted molar refractivity (Wildman–Crippen MR) is 124 cm³/mol. The number of aryl methyl sites for hydroxylation is 1. The van der Waals surface area contributed by atoms with Crippen molar-refractivity contribution in [2.75, 3.05) is 50.8 Å². The second-order valence-electron chi connectivity index (χ2n) is 10.2. The summed E-state index contributed by atoms with van der Waals surface area (Å²) in [5.74, 6) is 1.35. The van der Waals surface area contributed by atoms with Crippen LogP contribution in [0.5, 0.6) is 0 Å². The van der Waals surface area contributed by atoms with Crippen LogP contribution in [0.2, 0.25) is 0 Å². The Morgan fingerprint density at radius 1 is 1.16 bits per heavy atom. The van der Waals surface area contributed by atoms with Gasteiger partial charge in [0.2, 0.25) is 5.95 Å². The molecule has 0 aromatic carbocycles. The van der Waals surface area contributed by atoms with E-state index in [0.29, 0.717) is 17.4 Å². The average Bonchev–Trinajstić information content (AvgIpc) is 3.10. The van der Waals surface area contributed by atoms with Gasteiger partial charge < -0.3 is 9.64 Å². The van der Waals surface area contributed by atoms with Gasteiger partial charge in [-0.25, -0.2) is 4.98 Å². The van der Waals surface area contributed by atoms with Crippen molar-refractivity contribution < 1.29 is 4.74 Å². The SMILES string of the molecule is Cn1nc(C(C)(C)C)c2nc(N(CCN3CCOCC3)CC3CCCCC3)[nH]c(=O)c21. The Kier molecular flexibility index (Phi) is 6.67. The molecule has 4 rings (SSSR count). The fourth-order valence-electron chi connectivity index (χ4n) is 4.87. The van der Waals surface area contributed by atoms with Gasteiger partial charge in [-0.1, -0.05) is 40.0 Å². The molecule has 8 heteroatoms. The first-order chi connectivity index (χ1) is 14.8. The molecule has 2 aromatic heterocycles. The van der Waals surface area contributed by atoms with Gasteiger partial charge in [0, 0.05) is 45.2 Å². The van der Waals surface area contributed by atoms with Crippen LogP contribution in [-0.4, -0.2) is 70.6 Å². The van der Waals surface area contributed by atoms with Crippen LogP contribution < -0.4 is 10.5 Å². The van der Waals surface area contributed by atoms with Crippen molar-refractivity contribution in [2.45, 2.75) is 58.3 Å². The second kappa shape index (κ2) is 9.28. The van der Waals surface area contributed by atoms with Gasteiger partial charge in [-0.05, 0) is 18.8 Å². The Balaban J connectivity index is 1.65. The van der Waals surface area contributed by atoms with Crippen LogP contribution in [-0.2, 0) is 17.2 Å². The maximum atomic E-state index is 13.1. The van der Waals surface area contributed by atoms with Gasteiger partial charge in [0.05, 0.1) is 18.9 Å². The van der Waals surface area contributed by atoms with Crippen molar-refractivity contribution in [1.29, 1.82) is 0 Å². The Morgan fingerprint density at radius 2 is 1.87 bits per heavy atom. The van der Waals surface area contributed by atoms with E-state index in [1.807, 2.05) is 7.05 Å². The summed E-state index contributed by atoms with van der Waals surface area (Å²) >= 11 is 0. The van der Waals surface area contributed by atoms with Crippen LogP contribution in [0.1, 0.15) is 58.6 Å². The molecule has 172 valence electrons. The van der Waals surface area contributed by atoms with Crippen LogP contribution in [0.4, 0.5) is 5.95 Å². The maximum absolute atomic E-state index is 13.1. The van der Waals surface area contributed by atoms with E-state index in [2.05, 4.69) is 40.7 Å². The molecule has 0 spiro atoms. The number of aromatic amines is 1. The lowest BCUT2D eigenvalue weighted by Gasteiger charge is -2.33. The fraction of sp³-hybridized carbons (Fsp3) is 0.783. The number of rotatable bonds is 6. The van der Waals surface area contributed by atoms with Crippen LogP contribution in [0, 0.1) is 5.92 Å². The number of nitrogens with one attached hydrogen (secondary N) is 1. The molecule has 0 unspecified atom stereocenters. The van der Waals surface area contributed by atoms with E-state index in [1.54, 1.807) is 4.68 Å². The number of hydrogen-bond donors (Lipinski definition) is 1. The highest BCUT2D eigenvalue weighted by molar-refractivity contribution is 5.78. The summed E-state index contributed by atoms with van der Waals surface area (Å²) in [5, 5.41) is 4.65. The summed E-state index contributed by atoms with van der Waals surface area (Å²) in [5.41, 5.74) is 1.88. The van der Waals surface area contributed by atoms with Gasteiger partial charge in [0.1, 0.15) is 5.52 Å². The molecule has 0 bridgehead atoms. The zero-order valence-electron chi connectivity index (χ0n) is 19.6. The summed E-state index contributed by atoms with van der Waals surface area (Å²) in [6, 6.07) is 0. The average molecular weight is 431 g/mol. The predicted octanol–water partition coefficient (Wildman–Crippen LogP) is 2.67. The van der Waals surface area contributed by atoms with Gasteiger partial charge >= 0.3 is 0 Å². The van der Waals surface area contributed by atoms with Crippen molar-refractivity contribution in [2.24, 2.45) is 13.0 Å². The summed E-state index contributed by atoms with van der Waals surface area (Å²) < 4.78 is 7.17. The van der Waals surface area contributed by atoms with Crippen LogP contribution in [0.25, 0.3) is 11.0 Å². The molecule has 1 saturated heterocycles. The highest BCUT2D eigenvalue weighted by Crippen LogP contribution is 2.28. The Morgan fingerprint density at radius 3 is 2.55 bits per heavy atom.